The summed E-state index contributed by atoms with van der Waals surface area (Å²) in [6, 6.07) is 12.4. The molecule has 0 bridgehead atoms. The summed E-state index contributed by atoms with van der Waals surface area (Å²) in [5, 5.41) is 10.6. The lowest BCUT2D eigenvalue weighted by molar-refractivity contribution is -0.134. The minimum atomic E-state index is -4.39. The van der Waals surface area contributed by atoms with Crippen LogP contribution in [0.15, 0.2) is 42.5 Å². The van der Waals surface area contributed by atoms with Crippen molar-refractivity contribution < 1.29 is 26.7 Å². The number of rotatable bonds is 8. The standard InChI is InChI=1S/C22H27F3N2O3S.ClH/c1-27(2)14-16-12-15-6-3-4-7-18(15)21(16)19-13-17(8-9-20(19)28)26-31(29,30)11-5-10-22(23,24)25;/h3-4,6-9,13,16,21,26,28H,5,10-12,14H2,1-2H3;1H/t16-,21-;/m0./s1. The van der Waals surface area contributed by atoms with Crippen LogP contribution in [0.1, 0.15) is 35.4 Å². The lowest BCUT2D eigenvalue weighted by atomic mass is 9.85. The van der Waals surface area contributed by atoms with Crippen LogP contribution in [0.2, 0.25) is 0 Å². The number of hydrogen-bond acceptors (Lipinski definition) is 4. The van der Waals surface area contributed by atoms with Gasteiger partial charge in [-0.05, 0) is 62.2 Å². The SMILES string of the molecule is CN(C)C[C@@H]1Cc2ccccc2[C@H]1c1cc(NS(=O)(=O)CCCC(F)(F)F)ccc1O.Cl. The zero-order chi connectivity index (χ0) is 22.8. The van der Waals surface area contributed by atoms with Gasteiger partial charge in [0.1, 0.15) is 5.75 Å². The van der Waals surface area contributed by atoms with Crippen molar-refractivity contribution in [2.75, 3.05) is 31.1 Å². The van der Waals surface area contributed by atoms with E-state index in [0.29, 0.717) is 5.56 Å². The number of hydrogen-bond donors (Lipinski definition) is 2. The summed E-state index contributed by atoms with van der Waals surface area (Å²) in [5.41, 5.74) is 3.12. The molecule has 0 unspecified atom stereocenters. The normalized spacial score (nSPS) is 18.3. The second-order valence-electron chi connectivity index (χ2n) is 8.32. The molecule has 2 aromatic carbocycles. The fourth-order valence-corrected chi connectivity index (χ4v) is 5.41. The molecular formula is C22H28ClF3N2O3S. The van der Waals surface area contributed by atoms with E-state index >= 15 is 0 Å². The average Bonchev–Trinajstić information content (AvgIpc) is 2.98. The van der Waals surface area contributed by atoms with Gasteiger partial charge < -0.3 is 10.0 Å². The highest BCUT2D eigenvalue weighted by atomic mass is 35.5. The highest BCUT2D eigenvalue weighted by Gasteiger charge is 2.35. The Kier molecular flexibility index (Phi) is 8.47. The van der Waals surface area contributed by atoms with Crippen LogP contribution in [0.4, 0.5) is 18.9 Å². The molecule has 1 aliphatic carbocycles. The van der Waals surface area contributed by atoms with Crippen LogP contribution in [0.25, 0.3) is 0 Å². The van der Waals surface area contributed by atoms with Gasteiger partial charge in [0, 0.05) is 30.1 Å². The van der Waals surface area contributed by atoms with Crippen LogP contribution in [0.5, 0.6) is 5.75 Å². The summed E-state index contributed by atoms with van der Waals surface area (Å²) in [6.07, 6.45) is -5.21. The Balaban J connectivity index is 0.00000363. The second kappa shape index (κ2) is 10.3. The van der Waals surface area contributed by atoms with Crippen molar-refractivity contribution in [1.82, 2.24) is 4.90 Å². The van der Waals surface area contributed by atoms with Gasteiger partial charge in [-0.3, -0.25) is 4.72 Å². The quantitative estimate of drug-likeness (QED) is 0.521. The summed E-state index contributed by atoms with van der Waals surface area (Å²) in [5.74, 6) is -0.492. The van der Waals surface area contributed by atoms with Gasteiger partial charge in [-0.2, -0.15) is 13.2 Å². The van der Waals surface area contributed by atoms with Gasteiger partial charge >= 0.3 is 6.18 Å². The van der Waals surface area contributed by atoms with Crippen molar-refractivity contribution in [3.8, 4) is 5.75 Å². The molecule has 2 atom stereocenters. The smallest absolute Gasteiger partial charge is 0.389 e. The number of fused-ring (bicyclic) bond motifs is 1. The first kappa shape index (κ1) is 26.3. The van der Waals surface area contributed by atoms with E-state index in [-0.39, 0.29) is 35.7 Å². The molecule has 3 rings (SSSR count). The van der Waals surface area contributed by atoms with Crippen LogP contribution in [-0.2, 0) is 16.4 Å². The van der Waals surface area contributed by atoms with Gasteiger partial charge in [0.25, 0.3) is 0 Å². The minimum absolute atomic E-state index is 0. The van der Waals surface area contributed by atoms with Crippen molar-refractivity contribution in [2.24, 2.45) is 5.92 Å². The summed E-state index contributed by atoms with van der Waals surface area (Å²) >= 11 is 0. The van der Waals surface area contributed by atoms with Gasteiger partial charge in [0.2, 0.25) is 10.0 Å². The van der Waals surface area contributed by atoms with Gasteiger partial charge in [0.05, 0.1) is 5.75 Å². The molecule has 0 spiro atoms. The maximum atomic E-state index is 12.3. The molecule has 2 N–H and O–H groups in total. The number of aromatic hydroxyl groups is 1. The Hall–Kier alpha value is -1.97. The number of phenolic OH excluding ortho intramolecular Hbond substituents is 1. The number of alkyl halides is 3. The molecule has 178 valence electrons. The average molecular weight is 493 g/mol. The zero-order valence-electron chi connectivity index (χ0n) is 17.9. The summed E-state index contributed by atoms with van der Waals surface area (Å²) in [4.78, 5) is 2.08. The van der Waals surface area contributed by atoms with E-state index in [9.17, 15) is 26.7 Å². The Morgan fingerprint density at radius 3 is 2.47 bits per heavy atom. The predicted molar refractivity (Wildman–Crippen MR) is 122 cm³/mol. The van der Waals surface area contributed by atoms with E-state index < -0.39 is 34.8 Å². The first-order valence-corrected chi connectivity index (χ1v) is 11.7. The molecule has 0 saturated carbocycles. The molecule has 0 aromatic heterocycles. The molecule has 0 saturated heterocycles. The first-order valence-electron chi connectivity index (χ1n) is 10.1. The van der Waals surface area contributed by atoms with E-state index in [2.05, 4.69) is 15.7 Å². The predicted octanol–water partition coefficient (Wildman–Crippen LogP) is 4.76. The molecule has 0 radical (unpaired) electrons. The largest absolute Gasteiger partial charge is 0.508 e. The number of halogens is 4. The molecule has 0 amide bonds. The van der Waals surface area contributed by atoms with Crippen molar-refractivity contribution in [3.63, 3.8) is 0 Å². The Morgan fingerprint density at radius 2 is 1.81 bits per heavy atom. The Bertz CT molecular complexity index is 1030. The highest BCUT2D eigenvalue weighted by Crippen LogP contribution is 2.46. The van der Waals surface area contributed by atoms with Crippen LogP contribution in [0.3, 0.4) is 0 Å². The fourth-order valence-electron chi connectivity index (χ4n) is 4.30. The third-order valence-corrected chi connectivity index (χ3v) is 6.83. The summed E-state index contributed by atoms with van der Waals surface area (Å²) < 4.78 is 63.9. The minimum Gasteiger partial charge on any atom is -0.508 e. The maximum absolute atomic E-state index is 12.3. The van der Waals surface area contributed by atoms with E-state index in [4.69, 9.17) is 0 Å². The van der Waals surface area contributed by atoms with Crippen LogP contribution < -0.4 is 4.72 Å². The topological polar surface area (TPSA) is 69.6 Å². The van der Waals surface area contributed by atoms with E-state index in [0.717, 1.165) is 18.5 Å². The van der Waals surface area contributed by atoms with E-state index in [1.807, 2.05) is 32.3 Å². The van der Waals surface area contributed by atoms with Crippen LogP contribution in [0, 0.1) is 5.92 Å². The monoisotopic (exact) mass is 492 g/mol. The molecule has 0 fully saturated rings. The molecular weight excluding hydrogens is 465 g/mol. The summed E-state index contributed by atoms with van der Waals surface area (Å²) in [7, 11) is 0.0121. The maximum Gasteiger partial charge on any atom is 0.389 e. The van der Waals surface area contributed by atoms with E-state index in [1.54, 1.807) is 6.07 Å². The number of nitrogens with one attached hydrogen (secondary N) is 1. The van der Waals surface area contributed by atoms with Crippen LogP contribution in [-0.4, -0.2) is 51.0 Å². The third-order valence-electron chi connectivity index (χ3n) is 5.45. The molecule has 32 heavy (non-hydrogen) atoms. The van der Waals surface area contributed by atoms with Crippen LogP contribution >= 0.6 is 12.4 Å². The van der Waals surface area contributed by atoms with Crippen molar-refractivity contribution in [1.29, 1.82) is 0 Å². The van der Waals surface area contributed by atoms with Gasteiger partial charge in [0.15, 0.2) is 0 Å². The Morgan fingerprint density at radius 1 is 1.12 bits per heavy atom. The summed E-state index contributed by atoms with van der Waals surface area (Å²) in [6.45, 7) is 0.784. The van der Waals surface area contributed by atoms with Gasteiger partial charge in [-0.1, -0.05) is 24.3 Å². The number of sulfonamides is 1. The van der Waals surface area contributed by atoms with Crippen molar-refractivity contribution >= 4 is 28.1 Å². The lowest BCUT2D eigenvalue weighted by Gasteiger charge is -2.25. The zero-order valence-corrected chi connectivity index (χ0v) is 19.5. The third kappa shape index (κ3) is 6.76. The van der Waals surface area contributed by atoms with Gasteiger partial charge in [-0.15, -0.1) is 12.4 Å². The lowest BCUT2D eigenvalue weighted by Crippen LogP contribution is -2.25. The Labute approximate surface area is 193 Å². The molecule has 10 heteroatoms. The highest BCUT2D eigenvalue weighted by molar-refractivity contribution is 7.92. The first-order chi connectivity index (χ1) is 14.5. The fraction of sp³-hybridized carbons (Fsp3) is 0.455. The molecule has 0 heterocycles. The molecule has 2 aromatic rings. The molecule has 1 aliphatic rings. The van der Waals surface area contributed by atoms with Crippen molar-refractivity contribution in [2.45, 2.75) is 31.4 Å². The van der Waals surface area contributed by atoms with E-state index in [1.165, 1.54) is 17.7 Å². The molecule has 5 nitrogen and oxygen atoms in total. The number of anilines is 1. The number of benzene rings is 2. The van der Waals surface area contributed by atoms with Crippen molar-refractivity contribution in [3.05, 3.63) is 59.2 Å². The number of nitrogens with zero attached hydrogens (tertiary/aromatic N) is 1. The van der Waals surface area contributed by atoms with Gasteiger partial charge in [-0.25, -0.2) is 8.42 Å². The second-order valence-corrected chi connectivity index (χ2v) is 10.2. The molecule has 0 aliphatic heterocycles. The number of phenols is 1.